The number of nitrogens with zero attached hydrogens (tertiary/aromatic N) is 1. The lowest BCUT2D eigenvalue weighted by atomic mass is 9.98. The summed E-state index contributed by atoms with van der Waals surface area (Å²) in [5.41, 5.74) is 8.61. The molecule has 3 rings (SSSR count). The van der Waals surface area contributed by atoms with Crippen molar-refractivity contribution in [2.45, 2.75) is 31.6 Å². The van der Waals surface area contributed by atoms with Crippen LogP contribution in [0.25, 0.3) is 0 Å². The minimum absolute atomic E-state index is 0.300. The maximum absolute atomic E-state index is 6.01. The topological polar surface area (TPSA) is 47.7 Å². The highest BCUT2D eigenvalue weighted by molar-refractivity contribution is 5.24. The molecule has 0 aliphatic carbocycles. The minimum Gasteiger partial charge on any atom is -0.347 e. The van der Waals surface area contributed by atoms with E-state index < -0.39 is 0 Å². The van der Waals surface area contributed by atoms with Gasteiger partial charge in [0, 0.05) is 38.5 Å². The van der Waals surface area contributed by atoms with Crippen LogP contribution in [0.15, 0.2) is 24.3 Å². The first kappa shape index (κ1) is 14.0. The highest BCUT2D eigenvalue weighted by atomic mass is 16.7. The lowest BCUT2D eigenvalue weighted by molar-refractivity contribution is -0.187. The van der Waals surface area contributed by atoms with Crippen LogP contribution in [-0.4, -0.2) is 43.5 Å². The third kappa shape index (κ3) is 2.74. The Kier molecular flexibility index (Phi) is 4.08. The Morgan fingerprint density at radius 2 is 1.75 bits per heavy atom. The standard InChI is InChI=1S/C16H24N2O2/c1-13-2-4-14(5-3-13)15(12-17)18-8-6-16(7-9-18)19-10-11-20-16/h2-5,15H,6-12,17H2,1H3. The molecule has 2 heterocycles. The molecule has 2 aliphatic rings. The molecule has 1 aromatic carbocycles. The van der Waals surface area contributed by atoms with Gasteiger partial charge in [-0.1, -0.05) is 29.8 Å². The molecule has 2 fully saturated rings. The molecule has 0 amide bonds. The summed E-state index contributed by atoms with van der Waals surface area (Å²) in [5, 5.41) is 0. The average molecular weight is 276 g/mol. The van der Waals surface area contributed by atoms with Crippen molar-refractivity contribution in [1.29, 1.82) is 0 Å². The molecule has 2 saturated heterocycles. The number of hydrogen-bond acceptors (Lipinski definition) is 4. The van der Waals surface area contributed by atoms with Crippen LogP contribution < -0.4 is 5.73 Å². The van der Waals surface area contributed by atoms with Gasteiger partial charge >= 0.3 is 0 Å². The summed E-state index contributed by atoms with van der Waals surface area (Å²) in [6, 6.07) is 9.01. The van der Waals surface area contributed by atoms with Gasteiger partial charge in [0.2, 0.25) is 0 Å². The fourth-order valence-corrected chi connectivity index (χ4v) is 3.25. The van der Waals surface area contributed by atoms with Crippen LogP contribution in [0.3, 0.4) is 0 Å². The first-order chi connectivity index (χ1) is 9.72. The Bertz CT molecular complexity index is 430. The lowest BCUT2D eigenvalue weighted by Crippen LogP contribution is -2.47. The normalized spacial score (nSPS) is 24.1. The molecular weight excluding hydrogens is 252 g/mol. The van der Waals surface area contributed by atoms with Crippen LogP contribution in [0.1, 0.15) is 30.0 Å². The summed E-state index contributed by atoms with van der Waals surface area (Å²) in [4.78, 5) is 2.46. The zero-order valence-corrected chi connectivity index (χ0v) is 12.2. The van der Waals surface area contributed by atoms with Crippen LogP contribution >= 0.6 is 0 Å². The van der Waals surface area contributed by atoms with E-state index in [9.17, 15) is 0 Å². The SMILES string of the molecule is Cc1ccc(C(CN)N2CCC3(CC2)OCCO3)cc1. The Balaban J connectivity index is 1.67. The molecule has 0 aromatic heterocycles. The highest BCUT2D eigenvalue weighted by Crippen LogP contribution is 2.34. The van der Waals surface area contributed by atoms with Crippen LogP contribution in [-0.2, 0) is 9.47 Å². The van der Waals surface area contributed by atoms with Crippen LogP contribution in [0.5, 0.6) is 0 Å². The molecule has 20 heavy (non-hydrogen) atoms. The Hall–Kier alpha value is -0.940. The summed E-state index contributed by atoms with van der Waals surface area (Å²) in [5.74, 6) is -0.303. The van der Waals surface area contributed by atoms with E-state index in [0.717, 1.165) is 39.1 Å². The van der Waals surface area contributed by atoms with E-state index in [4.69, 9.17) is 15.2 Å². The Labute approximate surface area is 120 Å². The fraction of sp³-hybridized carbons (Fsp3) is 0.625. The monoisotopic (exact) mass is 276 g/mol. The number of rotatable bonds is 3. The summed E-state index contributed by atoms with van der Waals surface area (Å²) in [7, 11) is 0. The minimum atomic E-state index is -0.303. The van der Waals surface area contributed by atoms with Gasteiger partial charge in [0.1, 0.15) is 0 Å². The van der Waals surface area contributed by atoms with Gasteiger partial charge in [-0.3, -0.25) is 4.90 Å². The predicted octanol–water partition coefficient (Wildman–Crippen LogP) is 1.83. The molecule has 1 atom stereocenters. The number of aryl methyl sites for hydroxylation is 1. The second kappa shape index (κ2) is 5.82. The van der Waals surface area contributed by atoms with Gasteiger partial charge in [0.05, 0.1) is 13.2 Å². The highest BCUT2D eigenvalue weighted by Gasteiger charge is 2.41. The number of nitrogens with two attached hydrogens (primary N) is 1. The van der Waals surface area contributed by atoms with Crippen molar-refractivity contribution >= 4 is 0 Å². The van der Waals surface area contributed by atoms with Crippen LogP contribution in [0, 0.1) is 6.92 Å². The molecule has 0 saturated carbocycles. The first-order valence-electron chi connectivity index (χ1n) is 7.51. The third-order valence-electron chi connectivity index (χ3n) is 4.50. The summed E-state index contributed by atoms with van der Waals surface area (Å²) < 4.78 is 11.6. The van der Waals surface area contributed by atoms with E-state index in [1.807, 2.05) is 0 Å². The second-order valence-corrected chi connectivity index (χ2v) is 5.81. The molecule has 2 aliphatic heterocycles. The Morgan fingerprint density at radius 3 is 2.30 bits per heavy atom. The fourth-order valence-electron chi connectivity index (χ4n) is 3.25. The number of likely N-dealkylation sites (tertiary alicyclic amines) is 1. The number of benzene rings is 1. The summed E-state index contributed by atoms with van der Waals surface area (Å²) in [6.07, 6.45) is 1.88. The average Bonchev–Trinajstić information content (AvgIpc) is 2.92. The molecular formula is C16H24N2O2. The molecule has 1 unspecified atom stereocenters. The van der Waals surface area contributed by atoms with Crippen molar-refractivity contribution in [3.05, 3.63) is 35.4 Å². The number of hydrogen-bond donors (Lipinski definition) is 1. The van der Waals surface area contributed by atoms with Gasteiger partial charge in [-0.15, -0.1) is 0 Å². The molecule has 110 valence electrons. The van der Waals surface area contributed by atoms with Gasteiger partial charge in [-0.25, -0.2) is 0 Å². The molecule has 1 aromatic rings. The van der Waals surface area contributed by atoms with Crippen molar-refractivity contribution in [2.75, 3.05) is 32.8 Å². The number of piperidine rings is 1. The van der Waals surface area contributed by atoms with Crippen molar-refractivity contribution in [2.24, 2.45) is 5.73 Å². The molecule has 4 nitrogen and oxygen atoms in total. The lowest BCUT2D eigenvalue weighted by Gasteiger charge is -2.41. The molecule has 0 radical (unpaired) electrons. The molecule has 2 N–H and O–H groups in total. The smallest absolute Gasteiger partial charge is 0.170 e. The Morgan fingerprint density at radius 1 is 1.15 bits per heavy atom. The number of ether oxygens (including phenoxy) is 2. The van der Waals surface area contributed by atoms with E-state index in [1.54, 1.807) is 0 Å². The van der Waals surface area contributed by atoms with Gasteiger partial charge in [-0.05, 0) is 12.5 Å². The van der Waals surface area contributed by atoms with Crippen LogP contribution in [0.2, 0.25) is 0 Å². The second-order valence-electron chi connectivity index (χ2n) is 5.81. The molecule has 1 spiro atoms. The largest absolute Gasteiger partial charge is 0.347 e. The van der Waals surface area contributed by atoms with Crippen molar-refractivity contribution in [3.8, 4) is 0 Å². The molecule has 0 bridgehead atoms. The van der Waals surface area contributed by atoms with E-state index >= 15 is 0 Å². The van der Waals surface area contributed by atoms with E-state index in [-0.39, 0.29) is 5.79 Å². The maximum atomic E-state index is 6.01. The zero-order chi connectivity index (χ0) is 14.0. The zero-order valence-electron chi connectivity index (χ0n) is 12.2. The predicted molar refractivity (Wildman–Crippen MR) is 78.4 cm³/mol. The quantitative estimate of drug-likeness (QED) is 0.915. The van der Waals surface area contributed by atoms with Gasteiger partial charge in [0.15, 0.2) is 5.79 Å². The van der Waals surface area contributed by atoms with Crippen molar-refractivity contribution in [3.63, 3.8) is 0 Å². The van der Waals surface area contributed by atoms with E-state index in [0.29, 0.717) is 12.6 Å². The third-order valence-corrected chi connectivity index (χ3v) is 4.50. The van der Waals surface area contributed by atoms with Gasteiger partial charge in [0.25, 0.3) is 0 Å². The van der Waals surface area contributed by atoms with Crippen molar-refractivity contribution in [1.82, 2.24) is 4.90 Å². The maximum Gasteiger partial charge on any atom is 0.170 e. The van der Waals surface area contributed by atoms with Gasteiger partial charge < -0.3 is 15.2 Å². The first-order valence-corrected chi connectivity index (χ1v) is 7.51. The van der Waals surface area contributed by atoms with Crippen molar-refractivity contribution < 1.29 is 9.47 Å². The van der Waals surface area contributed by atoms with E-state index in [2.05, 4.69) is 36.1 Å². The van der Waals surface area contributed by atoms with E-state index in [1.165, 1.54) is 11.1 Å². The van der Waals surface area contributed by atoms with Crippen LogP contribution in [0.4, 0.5) is 0 Å². The van der Waals surface area contributed by atoms with Gasteiger partial charge in [-0.2, -0.15) is 0 Å². The summed E-state index contributed by atoms with van der Waals surface area (Å²) in [6.45, 7) is 6.19. The summed E-state index contributed by atoms with van der Waals surface area (Å²) >= 11 is 0. The molecule has 4 heteroatoms.